The number of ketones is 1. The third-order valence-electron chi connectivity index (χ3n) is 6.44. The van der Waals surface area contributed by atoms with E-state index >= 15 is 0 Å². The monoisotopic (exact) mass is 443 g/mol. The van der Waals surface area contributed by atoms with Crippen molar-refractivity contribution in [1.82, 2.24) is 4.31 Å². The van der Waals surface area contributed by atoms with Gasteiger partial charge in [-0.3, -0.25) is 4.79 Å². The number of ether oxygens (including phenoxy) is 1. The van der Waals surface area contributed by atoms with Crippen LogP contribution in [0.3, 0.4) is 0 Å². The SMILES string of the molecule is COc1cc(Br)c2c(c1O)[C@]13CCN(S(C)(=O)=O)[C@H](C2)[C@@H]1CCC(=O)C3. The number of sulfonamides is 1. The van der Waals surface area contributed by atoms with Crippen molar-refractivity contribution < 1.29 is 23.1 Å². The van der Waals surface area contributed by atoms with Crippen molar-refractivity contribution in [3.63, 3.8) is 0 Å². The maximum absolute atomic E-state index is 12.4. The second-order valence-electron chi connectivity index (χ2n) is 7.67. The minimum absolute atomic E-state index is 0.0288. The van der Waals surface area contributed by atoms with E-state index in [0.29, 0.717) is 44.4 Å². The molecule has 3 atom stereocenters. The number of carbonyl (C=O) groups is 1. The standard InChI is InChI=1S/C18H22BrNO5S/c1-25-15-8-13(19)11-7-14-12-4-3-10(21)9-18(12,16(11)17(15)22)5-6-20(14)26(2,23)24/h8,12,14,22H,3-7,9H2,1-2H3/t12-,14+,18-/m0/s1. The van der Waals surface area contributed by atoms with Gasteiger partial charge >= 0.3 is 0 Å². The molecule has 2 aliphatic carbocycles. The van der Waals surface area contributed by atoms with Crippen LogP contribution in [0.25, 0.3) is 0 Å². The number of halogens is 1. The van der Waals surface area contributed by atoms with Gasteiger partial charge in [0, 0.05) is 40.9 Å². The fourth-order valence-electron chi connectivity index (χ4n) is 5.49. The van der Waals surface area contributed by atoms with Crippen LogP contribution in [-0.2, 0) is 26.7 Å². The molecule has 8 heteroatoms. The van der Waals surface area contributed by atoms with Gasteiger partial charge in [-0.25, -0.2) is 8.42 Å². The quantitative estimate of drug-likeness (QED) is 0.758. The summed E-state index contributed by atoms with van der Waals surface area (Å²) < 4.78 is 32.5. The summed E-state index contributed by atoms with van der Waals surface area (Å²) in [6, 6.07) is 1.54. The Kier molecular flexibility index (Phi) is 4.17. The van der Waals surface area contributed by atoms with E-state index < -0.39 is 15.4 Å². The summed E-state index contributed by atoms with van der Waals surface area (Å²) in [7, 11) is -1.83. The lowest BCUT2D eigenvalue weighted by molar-refractivity contribution is -0.126. The van der Waals surface area contributed by atoms with Crippen LogP contribution in [0, 0.1) is 5.92 Å². The summed E-state index contributed by atoms with van der Waals surface area (Å²) in [5.41, 5.74) is 1.16. The predicted octanol–water partition coefficient (Wildman–Crippen LogP) is 2.36. The number of hydrogen-bond acceptors (Lipinski definition) is 5. The molecule has 1 aromatic rings. The highest BCUT2D eigenvalue weighted by atomic mass is 79.9. The van der Waals surface area contributed by atoms with Crippen LogP contribution in [0.5, 0.6) is 11.5 Å². The number of methoxy groups -OCH3 is 1. The Morgan fingerprint density at radius 1 is 1.42 bits per heavy atom. The number of piperidine rings is 1. The zero-order valence-corrected chi connectivity index (χ0v) is 17.2. The number of fused-ring (bicyclic) bond motifs is 1. The summed E-state index contributed by atoms with van der Waals surface area (Å²) in [4.78, 5) is 12.4. The highest BCUT2D eigenvalue weighted by molar-refractivity contribution is 9.10. The third kappa shape index (κ3) is 2.45. The summed E-state index contributed by atoms with van der Waals surface area (Å²) in [5, 5.41) is 10.9. The molecule has 0 spiro atoms. The normalized spacial score (nSPS) is 31.3. The van der Waals surface area contributed by atoms with E-state index in [2.05, 4.69) is 15.9 Å². The summed E-state index contributed by atoms with van der Waals surface area (Å²) in [5.74, 6) is 0.683. The van der Waals surface area contributed by atoms with Crippen LogP contribution >= 0.6 is 15.9 Å². The summed E-state index contributed by atoms with van der Waals surface area (Å²) in [6.45, 7) is 0.376. The Morgan fingerprint density at radius 3 is 2.81 bits per heavy atom. The second kappa shape index (κ2) is 5.94. The van der Waals surface area contributed by atoms with Crippen LogP contribution in [0.4, 0.5) is 0 Å². The van der Waals surface area contributed by atoms with Crippen LogP contribution in [-0.4, -0.2) is 49.6 Å². The summed E-state index contributed by atoms with van der Waals surface area (Å²) >= 11 is 3.57. The minimum atomic E-state index is -3.34. The number of phenols is 1. The average molecular weight is 444 g/mol. The lowest BCUT2D eigenvalue weighted by Crippen LogP contribution is -2.62. The molecule has 4 rings (SSSR count). The van der Waals surface area contributed by atoms with Crippen molar-refractivity contribution in [3.05, 3.63) is 21.7 Å². The first-order chi connectivity index (χ1) is 12.2. The Hall–Kier alpha value is -1.12. The number of aromatic hydroxyl groups is 1. The molecular formula is C18H22BrNO5S. The number of carbonyl (C=O) groups excluding carboxylic acids is 1. The lowest BCUT2D eigenvalue weighted by Gasteiger charge is -2.57. The smallest absolute Gasteiger partial charge is 0.211 e. The molecule has 2 fully saturated rings. The second-order valence-corrected chi connectivity index (χ2v) is 10.5. The van der Waals surface area contributed by atoms with Crippen molar-refractivity contribution in [2.45, 2.75) is 43.6 Å². The molecule has 0 aromatic heterocycles. The number of phenolic OH excluding ortho intramolecular Hbond substituents is 1. The largest absolute Gasteiger partial charge is 0.504 e. The molecule has 1 heterocycles. The van der Waals surface area contributed by atoms with E-state index in [1.807, 2.05) is 0 Å². The molecule has 1 saturated carbocycles. The van der Waals surface area contributed by atoms with Gasteiger partial charge in [0.05, 0.1) is 13.4 Å². The number of benzene rings is 1. The van der Waals surface area contributed by atoms with E-state index in [4.69, 9.17) is 4.74 Å². The van der Waals surface area contributed by atoms with Gasteiger partial charge in [0.1, 0.15) is 5.78 Å². The molecule has 1 aromatic carbocycles. The van der Waals surface area contributed by atoms with E-state index in [1.165, 1.54) is 13.4 Å². The number of hydrogen-bond donors (Lipinski definition) is 1. The van der Waals surface area contributed by atoms with Crippen LogP contribution < -0.4 is 4.74 Å². The maximum Gasteiger partial charge on any atom is 0.211 e. The zero-order valence-electron chi connectivity index (χ0n) is 14.8. The maximum atomic E-state index is 12.4. The Labute approximate surface area is 161 Å². The zero-order chi connectivity index (χ0) is 18.9. The average Bonchev–Trinajstić information content (AvgIpc) is 2.55. The minimum Gasteiger partial charge on any atom is -0.504 e. The van der Waals surface area contributed by atoms with Crippen molar-refractivity contribution in [1.29, 1.82) is 0 Å². The highest BCUT2D eigenvalue weighted by Gasteiger charge is 2.58. The molecular weight excluding hydrogens is 422 g/mol. The molecule has 0 unspecified atom stereocenters. The molecule has 1 saturated heterocycles. The van der Waals surface area contributed by atoms with E-state index in [-0.39, 0.29) is 23.5 Å². The van der Waals surface area contributed by atoms with Gasteiger partial charge in [-0.05, 0) is 36.8 Å². The Bertz CT molecular complexity index is 899. The molecule has 1 aliphatic heterocycles. The first-order valence-electron chi connectivity index (χ1n) is 8.76. The summed E-state index contributed by atoms with van der Waals surface area (Å²) in [6.07, 6.45) is 3.80. The molecule has 1 N–H and O–H groups in total. The fraction of sp³-hybridized carbons (Fsp3) is 0.611. The number of Topliss-reactive ketones (excluding diaryl/α,β-unsaturated/α-hetero) is 1. The molecule has 0 amide bonds. The predicted molar refractivity (Wildman–Crippen MR) is 100 cm³/mol. The van der Waals surface area contributed by atoms with Crippen LogP contribution in [0.1, 0.15) is 36.8 Å². The molecule has 26 heavy (non-hydrogen) atoms. The topological polar surface area (TPSA) is 83.9 Å². The van der Waals surface area contributed by atoms with E-state index in [0.717, 1.165) is 15.6 Å². The van der Waals surface area contributed by atoms with Gasteiger partial charge in [-0.1, -0.05) is 15.9 Å². The van der Waals surface area contributed by atoms with Crippen molar-refractivity contribution >= 4 is 31.7 Å². The number of rotatable bonds is 2. The van der Waals surface area contributed by atoms with Crippen LogP contribution in [0.15, 0.2) is 10.5 Å². The van der Waals surface area contributed by atoms with Crippen molar-refractivity contribution in [2.24, 2.45) is 5.92 Å². The first-order valence-corrected chi connectivity index (χ1v) is 11.4. The highest BCUT2D eigenvalue weighted by Crippen LogP contribution is 2.60. The van der Waals surface area contributed by atoms with Gasteiger partial charge in [0.15, 0.2) is 11.5 Å². The molecule has 6 nitrogen and oxygen atoms in total. The van der Waals surface area contributed by atoms with Gasteiger partial charge < -0.3 is 9.84 Å². The molecule has 142 valence electrons. The first kappa shape index (κ1) is 18.3. The third-order valence-corrected chi connectivity index (χ3v) is 8.46. The molecule has 3 aliphatic rings. The lowest BCUT2D eigenvalue weighted by atomic mass is 9.52. The molecule has 0 radical (unpaired) electrons. The van der Waals surface area contributed by atoms with Crippen molar-refractivity contribution in [2.75, 3.05) is 19.9 Å². The Balaban J connectivity index is 1.98. The number of nitrogens with zero attached hydrogens (tertiary/aromatic N) is 1. The van der Waals surface area contributed by atoms with Crippen molar-refractivity contribution in [3.8, 4) is 11.5 Å². The van der Waals surface area contributed by atoms with Gasteiger partial charge in [0.2, 0.25) is 10.0 Å². The van der Waals surface area contributed by atoms with Gasteiger partial charge in [-0.15, -0.1) is 0 Å². The van der Waals surface area contributed by atoms with Crippen LogP contribution in [0.2, 0.25) is 0 Å². The van der Waals surface area contributed by atoms with Gasteiger partial charge in [-0.2, -0.15) is 4.31 Å². The molecule has 2 bridgehead atoms. The van der Waals surface area contributed by atoms with Gasteiger partial charge in [0.25, 0.3) is 0 Å². The fourth-order valence-corrected chi connectivity index (χ4v) is 7.19. The van der Waals surface area contributed by atoms with E-state index in [9.17, 15) is 18.3 Å². The van der Waals surface area contributed by atoms with E-state index in [1.54, 1.807) is 10.4 Å². The Morgan fingerprint density at radius 2 is 2.15 bits per heavy atom.